The second-order valence-corrected chi connectivity index (χ2v) is 5.13. The van der Waals surface area contributed by atoms with Gasteiger partial charge in [0.15, 0.2) is 5.78 Å². The van der Waals surface area contributed by atoms with Gasteiger partial charge in [0.05, 0.1) is 17.9 Å². The first-order valence-electron chi connectivity index (χ1n) is 6.03. The molecule has 1 fully saturated rings. The van der Waals surface area contributed by atoms with E-state index in [4.69, 9.17) is 4.74 Å². The van der Waals surface area contributed by atoms with E-state index in [2.05, 4.69) is 10.5 Å². The minimum Gasteiger partial charge on any atom is -0.369 e. The van der Waals surface area contributed by atoms with Crippen molar-refractivity contribution >= 4 is 17.2 Å². The third kappa shape index (κ3) is 2.96. The fourth-order valence-corrected chi connectivity index (χ4v) is 1.80. The van der Waals surface area contributed by atoms with Crippen LogP contribution in [0, 0.1) is 6.92 Å². The van der Waals surface area contributed by atoms with E-state index in [1.807, 2.05) is 45.0 Å². The molecule has 0 aliphatic carbocycles. The maximum atomic E-state index is 11.9. The molecule has 0 bridgehead atoms. The SMILES string of the molecule is Cc1ccccc1N/N=C1/COC(C)(C)CC1=O. The summed E-state index contributed by atoms with van der Waals surface area (Å²) in [5, 5.41) is 4.15. The Bertz CT molecular complexity index is 492. The molecule has 1 N–H and O–H groups in total. The topological polar surface area (TPSA) is 50.7 Å². The van der Waals surface area contributed by atoms with Gasteiger partial charge in [-0.3, -0.25) is 10.2 Å². The molecular weight excluding hydrogens is 228 g/mol. The molecule has 1 saturated heterocycles. The monoisotopic (exact) mass is 246 g/mol. The van der Waals surface area contributed by atoms with Gasteiger partial charge in [-0.1, -0.05) is 18.2 Å². The predicted octanol–water partition coefficient (Wildman–Crippen LogP) is 2.53. The number of Topliss-reactive ketones (excluding diaryl/α,β-unsaturated/α-hetero) is 1. The van der Waals surface area contributed by atoms with Crippen LogP contribution in [0.3, 0.4) is 0 Å². The van der Waals surface area contributed by atoms with Gasteiger partial charge in [-0.15, -0.1) is 0 Å². The molecule has 18 heavy (non-hydrogen) atoms. The van der Waals surface area contributed by atoms with Crippen molar-refractivity contribution in [2.45, 2.75) is 32.8 Å². The lowest BCUT2D eigenvalue weighted by molar-refractivity contribution is -0.122. The molecule has 4 heteroatoms. The molecule has 96 valence electrons. The van der Waals surface area contributed by atoms with Gasteiger partial charge < -0.3 is 4.74 Å². The number of carbonyl (C=O) groups excluding carboxylic acids is 1. The van der Waals surface area contributed by atoms with Crippen molar-refractivity contribution in [2.75, 3.05) is 12.0 Å². The Kier molecular flexibility index (Phi) is 3.48. The van der Waals surface area contributed by atoms with Crippen LogP contribution in [0.4, 0.5) is 5.69 Å². The number of ketones is 1. The lowest BCUT2D eigenvalue weighted by Gasteiger charge is -2.29. The first kappa shape index (κ1) is 12.8. The summed E-state index contributed by atoms with van der Waals surface area (Å²) in [7, 11) is 0. The number of hydrazone groups is 1. The Hall–Kier alpha value is -1.68. The molecule has 0 atom stereocenters. The number of ether oxygens (including phenoxy) is 1. The van der Waals surface area contributed by atoms with Gasteiger partial charge in [0.1, 0.15) is 5.71 Å². The van der Waals surface area contributed by atoms with Gasteiger partial charge in [0.2, 0.25) is 0 Å². The maximum Gasteiger partial charge on any atom is 0.184 e. The van der Waals surface area contributed by atoms with Crippen LogP contribution in [-0.4, -0.2) is 23.7 Å². The molecule has 0 amide bonds. The summed E-state index contributed by atoms with van der Waals surface area (Å²) in [5.74, 6) is 0.0485. The number of carbonyl (C=O) groups is 1. The quantitative estimate of drug-likeness (QED) is 0.816. The Morgan fingerprint density at radius 3 is 2.72 bits per heavy atom. The van der Waals surface area contributed by atoms with Crippen LogP contribution >= 0.6 is 0 Å². The number of aryl methyl sites for hydroxylation is 1. The highest BCUT2D eigenvalue weighted by atomic mass is 16.5. The largest absolute Gasteiger partial charge is 0.369 e. The average Bonchev–Trinajstić information content (AvgIpc) is 2.29. The summed E-state index contributed by atoms with van der Waals surface area (Å²) in [6.45, 7) is 6.09. The van der Waals surface area contributed by atoms with Gasteiger partial charge in [-0.25, -0.2) is 0 Å². The van der Waals surface area contributed by atoms with Crippen molar-refractivity contribution < 1.29 is 9.53 Å². The molecule has 0 spiro atoms. The zero-order chi connectivity index (χ0) is 13.2. The lowest BCUT2D eigenvalue weighted by atomic mass is 9.96. The summed E-state index contributed by atoms with van der Waals surface area (Å²) in [6, 6.07) is 7.81. The van der Waals surface area contributed by atoms with Crippen LogP contribution in [0.1, 0.15) is 25.8 Å². The number of rotatable bonds is 2. The minimum atomic E-state index is -0.376. The van der Waals surface area contributed by atoms with Crippen molar-refractivity contribution in [1.29, 1.82) is 0 Å². The van der Waals surface area contributed by atoms with Crippen LogP contribution in [0.15, 0.2) is 29.4 Å². The smallest absolute Gasteiger partial charge is 0.184 e. The number of hydrogen-bond donors (Lipinski definition) is 1. The Balaban J connectivity index is 2.07. The summed E-state index contributed by atoms with van der Waals surface area (Å²) in [4.78, 5) is 11.9. The lowest BCUT2D eigenvalue weighted by Crippen LogP contribution is -2.40. The summed E-state index contributed by atoms with van der Waals surface area (Å²) in [6.07, 6.45) is 0.376. The van der Waals surface area contributed by atoms with Crippen LogP contribution in [0.2, 0.25) is 0 Å². The zero-order valence-corrected chi connectivity index (χ0v) is 11.0. The van der Waals surface area contributed by atoms with Crippen molar-refractivity contribution in [1.82, 2.24) is 0 Å². The molecule has 0 saturated carbocycles. The first-order valence-corrected chi connectivity index (χ1v) is 6.03. The minimum absolute atomic E-state index is 0.0485. The highest BCUT2D eigenvalue weighted by Crippen LogP contribution is 2.20. The average molecular weight is 246 g/mol. The van der Waals surface area contributed by atoms with Gasteiger partial charge in [0.25, 0.3) is 0 Å². The summed E-state index contributed by atoms with van der Waals surface area (Å²) >= 11 is 0. The standard InChI is InChI=1S/C14H18N2O2/c1-10-6-4-5-7-11(10)15-16-12-9-18-14(2,3)8-13(12)17/h4-7,15H,8-9H2,1-3H3/b16-12-. The molecule has 0 aromatic heterocycles. The molecule has 1 aliphatic heterocycles. The van der Waals surface area contributed by atoms with E-state index in [1.54, 1.807) is 0 Å². The van der Waals surface area contributed by atoms with Crippen molar-refractivity contribution in [3.05, 3.63) is 29.8 Å². The third-order valence-electron chi connectivity index (χ3n) is 2.96. The zero-order valence-electron chi connectivity index (χ0n) is 11.0. The highest BCUT2D eigenvalue weighted by molar-refractivity contribution is 6.41. The maximum absolute atomic E-state index is 11.9. The number of benzene rings is 1. The Morgan fingerprint density at radius 1 is 1.33 bits per heavy atom. The van der Waals surface area contributed by atoms with E-state index in [0.29, 0.717) is 12.1 Å². The van der Waals surface area contributed by atoms with Gasteiger partial charge in [-0.2, -0.15) is 5.10 Å². The molecule has 1 aliphatic rings. The first-order chi connectivity index (χ1) is 8.48. The molecule has 0 unspecified atom stereocenters. The van der Waals surface area contributed by atoms with Gasteiger partial charge >= 0.3 is 0 Å². The van der Waals surface area contributed by atoms with Crippen LogP contribution in [0.5, 0.6) is 0 Å². The van der Waals surface area contributed by atoms with E-state index in [0.717, 1.165) is 11.3 Å². The normalized spacial score (nSPS) is 21.1. The van der Waals surface area contributed by atoms with E-state index < -0.39 is 0 Å². The molecule has 1 aromatic carbocycles. The number of anilines is 1. The number of nitrogens with one attached hydrogen (secondary N) is 1. The third-order valence-corrected chi connectivity index (χ3v) is 2.96. The molecular formula is C14H18N2O2. The second-order valence-electron chi connectivity index (χ2n) is 5.13. The molecule has 1 heterocycles. The number of nitrogens with zero attached hydrogens (tertiary/aromatic N) is 1. The fraction of sp³-hybridized carbons (Fsp3) is 0.429. The number of hydrogen-bond acceptors (Lipinski definition) is 4. The van der Waals surface area contributed by atoms with E-state index in [1.165, 1.54) is 0 Å². The Morgan fingerprint density at radius 2 is 2.06 bits per heavy atom. The van der Waals surface area contributed by atoms with Crippen LogP contribution < -0.4 is 5.43 Å². The summed E-state index contributed by atoms with van der Waals surface area (Å²) in [5.41, 5.74) is 5.00. The van der Waals surface area contributed by atoms with Crippen molar-refractivity contribution in [3.8, 4) is 0 Å². The highest BCUT2D eigenvalue weighted by Gasteiger charge is 2.31. The number of para-hydroxylation sites is 1. The summed E-state index contributed by atoms with van der Waals surface area (Å²) < 4.78 is 5.58. The molecule has 2 rings (SSSR count). The van der Waals surface area contributed by atoms with Crippen molar-refractivity contribution in [2.24, 2.45) is 5.10 Å². The molecule has 0 radical (unpaired) electrons. The van der Waals surface area contributed by atoms with Crippen LogP contribution in [0.25, 0.3) is 0 Å². The second kappa shape index (κ2) is 4.90. The van der Waals surface area contributed by atoms with E-state index >= 15 is 0 Å². The molecule has 4 nitrogen and oxygen atoms in total. The van der Waals surface area contributed by atoms with Crippen molar-refractivity contribution in [3.63, 3.8) is 0 Å². The molecule has 1 aromatic rings. The van der Waals surface area contributed by atoms with Gasteiger partial charge in [0, 0.05) is 6.42 Å². The predicted molar refractivity (Wildman–Crippen MR) is 71.9 cm³/mol. The van der Waals surface area contributed by atoms with E-state index in [9.17, 15) is 4.79 Å². The fourth-order valence-electron chi connectivity index (χ4n) is 1.80. The van der Waals surface area contributed by atoms with Gasteiger partial charge in [-0.05, 0) is 32.4 Å². The van der Waals surface area contributed by atoms with Crippen LogP contribution in [-0.2, 0) is 9.53 Å². The Labute approximate surface area is 107 Å². The van der Waals surface area contributed by atoms with E-state index in [-0.39, 0.29) is 18.0 Å².